The average Bonchev–Trinajstić information content (AvgIpc) is 2.92. The maximum atomic E-state index is 4.85. The highest BCUT2D eigenvalue weighted by Gasteiger charge is 2.36. The van der Waals surface area contributed by atoms with E-state index in [1.54, 1.807) is 0 Å². The number of nitrogens with one attached hydrogen (secondary N) is 1. The van der Waals surface area contributed by atoms with Crippen molar-refractivity contribution in [3.8, 4) is 0 Å². The average molecular weight is 288 g/mol. The zero-order chi connectivity index (χ0) is 14.7. The van der Waals surface area contributed by atoms with Gasteiger partial charge in [-0.15, -0.1) is 0 Å². The molecule has 0 aromatic carbocycles. The summed E-state index contributed by atoms with van der Waals surface area (Å²) in [5.74, 6) is 4.03. The van der Waals surface area contributed by atoms with Gasteiger partial charge in [0, 0.05) is 31.6 Å². The second-order valence-electron chi connectivity index (χ2n) is 6.40. The van der Waals surface area contributed by atoms with Crippen molar-refractivity contribution in [2.45, 2.75) is 64.8 Å². The van der Waals surface area contributed by atoms with Crippen molar-refractivity contribution in [3.05, 3.63) is 11.9 Å². The molecule has 1 aliphatic heterocycles. The maximum absolute atomic E-state index is 4.85. The van der Waals surface area contributed by atoms with Crippen LogP contribution in [0.15, 0.2) is 6.07 Å². The lowest BCUT2D eigenvalue weighted by atomic mass is 9.85. The lowest BCUT2D eigenvalue weighted by Crippen LogP contribution is -2.35. The molecule has 2 fully saturated rings. The van der Waals surface area contributed by atoms with E-state index < -0.39 is 0 Å². The number of rotatable bonds is 5. The van der Waals surface area contributed by atoms with Crippen molar-refractivity contribution < 1.29 is 0 Å². The van der Waals surface area contributed by atoms with E-state index >= 15 is 0 Å². The van der Waals surface area contributed by atoms with Crippen molar-refractivity contribution in [2.24, 2.45) is 5.92 Å². The van der Waals surface area contributed by atoms with Crippen LogP contribution in [0.5, 0.6) is 0 Å². The van der Waals surface area contributed by atoms with Crippen LogP contribution in [0.1, 0.15) is 58.2 Å². The van der Waals surface area contributed by atoms with Crippen LogP contribution >= 0.6 is 0 Å². The van der Waals surface area contributed by atoms with Crippen molar-refractivity contribution in [3.63, 3.8) is 0 Å². The van der Waals surface area contributed by atoms with Gasteiger partial charge in [-0.25, -0.2) is 9.97 Å². The molecular weight excluding hydrogens is 260 g/mol. The number of hydrogen-bond acceptors (Lipinski definition) is 4. The summed E-state index contributed by atoms with van der Waals surface area (Å²) in [5, 5.41) is 3.36. The van der Waals surface area contributed by atoms with Gasteiger partial charge in [0.25, 0.3) is 0 Å². The van der Waals surface area contributed by atoms with Crippen LogP contribution in [0.25, 0.3) is 0 Å². The summed E-state index contributed by atoms with van der Waals surface area (Å²) < 4.78 is 0. The molecule has 3 rings (SSSR count). The van der Waals surface area contributed by atoms with E-state index in [4.69, 9.17) is 4.98 Å². The second-order valence-corrected chi connectivity index (χ2v) is 6.40. The molecule has 21 heavy (non-hydrogen) atoms. The van der Waals surface area contributed by atoms with Gasteiger partial charge in [-0.1, -0.05) is 19.8 Å². The van der Waals surface area contributed by atoms with Crippen molar-refractivity contribution in [2.75, 3.05) is 23.3 Å². The summed E-state index contributed by atoms with van der Waals surface area (Å²) >= 11 is 0. The van der Waals surface area contributed by atoms with Crippen molar-refractivity contribution in [1.82, 2.24) is 9.97 Å². The standard InChI is InChI=1S/C17H28N4/c1-3-7-15-19-16(18-4-2)12-17(20-15)21-11-10-13-8-5-6-9-14(13)21/h12-14H,3-11H2,1-2H3,(H,18,19,20). The molecule has 0 spiro atoms. The van der Waals surface area contributed by atoms with Crippen molar-refractivity contribution >= 4 is 11.6 Å². The molecule has 2 atom stereocenters. The minimum absolute atomic E-state index is 0.720. The molecule has 2 heterocycles. The Hall–Kier alpha value is -1.32. The van der Waals surface area contributed by atoms with Gasteiger partial charge in [0.1, 0.15) is 17.5 Å². The predicted molar refractivity (Wildman–Crippen MR) is 87.9 cm³/mol. The summed E-state index contributed by atoms with van der Waals surface area (Å²) in [6.45, 7) is 6.39. The Labute approximate surface area is 128 Å². The van der Waals surface area contributed by atoms with E-state index in [-0.39, 0.29) is 0 Å². The van der Waals surface area contributed by atoms with E-state index in [9.17, 15) is 0 Å². The predicted octanol–water partition coefficient (Wildman–Crippen LogP) is 3.63. The molecule has 4 nitrogen and oxygen atoms in total. The number of aryl methyl sites for hydroxylation is 1. The highest BCUT2D eigenvalue weighted by molar-refractivity contribution is 5.51. The molecule has 1 aromatic rings. The molecule has 2 unspecified atom stereocenters. The van der Waals surface area contributed by atoms with Gasteiger partial charge in [0.05, 0.1) is 0 Å². The SMILES string of the molecule is CCCc1nc(NCC)cc(N2CCC3CCCCC32)n1. The summed E-state index contributed by atoms with van der Waals surface area (Å²) in [4.78, 5) is 12.1. The van der Waals surface area contributed by atoms with Gasteiger partial charge < -0.3 is 10.2 Å². The van der Waals surface area contributed by atoms with Gasteiger partial charge in [0.2, 0.25) is 0 Å². The molecule has 1 N–H and O–H groups in total. The lowest BCUT2D eigenvalue weighted by molar-refractivity contribution is 0.341. The van der Waals surface area contributed by atoms with Crippen LogP contribution in [-0.4, -0.2) is 29.1 Å². The van der Waals surface area contributed by atoms with E-state index in [2.05, 4.69) is 35.1 Å². The molecule has 116 valence electrons. The van der Waals surface area contributed by atoms with Crippen LogP contribution in [0.3, 0.4) is 0 Å². The van der Waals surface area contributed by atoms with Crippen molar-refractivity contribution in [1.29, 1.82) is 0 Å². The summed E-state index contributed by atoms with van der Waals surface area (Å²) in [6.07, 6.45) is 8.96. The summed E-state index contributed by atoms with van der Waals surface area (Å²) in [7, 11) is 0. The maximum Gasteiger partial charge on any atom is 0.134 e. The van der Waals surface area contributed by atoms with E-state index in [0.29, 0.717) is 0 Å². The Morgan fingerprint density at radius 1 is 1.19 bits per heavy atom. The Kier molecular flexibility index (Phi) is 4.61. The molecule has 1 saturated carbocycles. The van der Waals surface area contributed by atoms with Gasteiger partial charge in [-0.05, 0) is 38.5 Å². The fourth-order valence-corrected chi connectivity index (χ4v) is 3.93. The topological polar surface area (TPSA) is 41.1 Å². The van der Waals surface area contributed by atoms with Crippen LogP contribution < -0.4 is 10.2 Å². The summed E-state index contributed by atoms with van der Waals surface area (Å²) in [5.41, 5.74) is 0. The second kappa shape index (κ2) is 6.63. The van der Waals surface area contributed by atoms with Crippen LogP contribution in [0.2, 0.25) is 0 Å². The molecule has 2 aliphatic rings. The van der Waals surface area contributed by atoms with Gasteiger partial charge in [0.15, 0.2) is 0 Å². The molecule has 0 amide bonds. The Bertz CT molecular complexity index is 450. The largest absolute Gasteiger partial charge is 0.370 e. The molecule has 1 saturated heterocycles. The Morgan fingerprint density at radius 3 is 2.86 bits per heavy atom. The first kappa shape index (κ1) is 14.6. The minimum atomic E-state index is 0.720. The fraction of sp³-hybridized carbons (Fsp3) is 0.765. The first-order valence-electron chi connectivity index (χ1n) is 8.70. The fourth-order valence-electron chi connectivity index (χ4n) is 3.93. The smallest absolute Gasteiger partial charge is 0.134 e. The van der Waals surface area contributed by atoms with E-state index in [1.165, 1.54) is 38.6 Å². The van der Waals surface area contributed by atoms with Crippen LogP contribution in [0.4, 0.5) is 11.6 Å². The third-order valence-corrected chi connectivity index (χ3v) is 4.89. The molecular formula is C17H28N4. The monoisotopic (exact) mass is 288 g/mol. The highest BCUT2D eigenvalue weighted by atomic mass is 15.2. The van der Waals surface area contributed by atoms with Crippen LogP contribution in [-0.2, 0) is 6.42 Å². The Balaban J connectivity index is 1.85. The number of nitrogens with zero attached hydrogens (tertiary/aromatic N) is 3. The van der Waals surface area contributed by atoms with E-state index in [1.807, 2.05) is 0 Å². The molecule has 1 aliphatic carbocycles. The Morgan fingerprint density at radius 2 is 2.05 bits per heavy atom. The first-order valence-corrected chi connectivity index (χ1v) is 8.70. The molecule has 4 heteroatoms. The quantitative estimate of drug-likeness (QED) is 0.898. The third-order valence-electron chi connectivity index (χ3n) is 4.89. The van der Waals surface area contributed by atoms with Gasteiger partial charge in [-0.3, -0.25) is 0 Å². The minimum Gasteiger partial charge on any atom is -0.370 e. The zero-order valence-corrected chi connectivity index (χ0v) is 13.4. The molecule has 0 radical (unpaired) electrons. The van der Waals surface area contributed by atoms with Crippen LogP contribution in [0, 0.1) is 5.92 Å². The number of hydrogen-bond donors (Lipinski definition) is 1. The molecule has 1 aromatic heterocycles. The normalized spacial score (nSPS) is 25.0. The number of fused-ring (bicyclic) bond motifs is 1. The summed E-state index contributed by atoms with van der Waals surface area (Å²) in [6, 6.07) is 2.87. The first-order chi connectivity index (χ1) is 10.3. The lowest BCUT2D eigenvalue weighted by Gasteiger charge is -2.32. The highest BCUT2D eigenvalue weighted by Crippen LogP contribution is 2.38. The number of anilines is 2. The van der Waals surface area contributed by atoms with Gasteiger partial charge >= 0.3 is 0 Å². The third kappa shape index (κ3) is 3.14. The number of aromatic nitrogens is 2. The van der Waals surface area contributed by atoms with Gasteiger partial charge in [-0.2, -0.15) is 0 Å². The molecule has 0 bridgehead atoms. The van der Waals surface area contributed by atoms with E-state index in [0.717, 1.165) is 48.8 Å². The zero-order valence-electron chi connectivity index (χ0n) is 13.4.